The second-order valence-corrected chi connectivity index (χ2v) is 4.91. The van der Waals surface area contributed by atoms with E-state index in [0.29, 0.717) is 22.8 Å². The van der Waals surface area contributed by atoms with E-state index >= 15 is 0 Å². The van der Waals surface area contributed by atoms with Gasteiger partial charge in [0.1, 0.15) is 0 Å². The minimum atomic E-state index is -4.33. The van der Waals surface area contributed by atoms with Gasteiger partial charge in [-0.3, -0.25) is 0 Å². The third-order valence-corrected chi connectivity index (χ3v) is 3.39. The zero-order valence-corrected chi connectivity index (χ0v) is 13.5. The van der Waals surface area contributed by atoms with Crippen LogP contribution in [0.15, 0.2) is 36.4 Å². The molecule has 0 aliphatic heterocycles. The SMILES string of the molecule is COc1cc(/C=C/c2ccc(C(F)(F)F)cc2)cc(OC)c1OC. The van der Waals surface area contributed by atoms with Gasteiger partial charge in [0.05, 0.1) is 26.9 Å². The Morgan fingerprint density at radius 3 is 1.67 bits per heavy atom. The molecule has 6 heteroatoms. The molecule has 0 unspecified atom stereocenters. The first-order valence-corrected chi connectivity index (χ1v) is 7.04. The molecule has 0 aliphatic rings. The molecule has 128 valence electrons. The van der Waals surface area contributed by atoms with Crippen molar-refractivity contribution in [3.63, 3.8) is 0 Å². The van der Waals surface area contributed by atoms with E-state index in [-0.39, 0.29) is 0 Å². The molecule has 0 aliphatic carbocycles. The monoisotopic (exact) mass is 338 g/mol. The van der Waals surface area contributed by atoms with Gasteiger partial charge in [0.15, 0.2) is 11.5 Å². The van der Waals surface area contributed by atoms with E-state index < -0.39 is 11.7 Å². The fraction of sp³-hybridized carbons (Fsp3) is 0.222. The van der Waals surface area contributed by atoms with Gasteiger partial charge in [0, 0.05) is 0 Å². The van der Waals surface area contributed by atoms with E-state index in [0.717, 1.165) is 17.7 Å². The maximum atomic E-state index is 12.6. The number of methoxy groups -OCH3 is 3. The third-order valence-electron chi connectivity index (χ3n) is 3.39. The lowest BCUT2D eigenvalue weighted by Crippen LogP contribution is -2.03. The van der Waals surface area contributed by atoms with Crippen LogP contribution in [-0.4, -0.2) is 21.3 Å². The predicted molar refractivity (Wildman–Crippen MR) is 86.5 cm³/mol. The average molecular weight is 338 g/mol. The van der Waals surface area contributed by atoms with Crippen molar-refractivity contribution in [2.75, 3.05) is 21.3 Å². The molecule has 0 saturated carbocycles. The summed E-state index contributed by atoms with van der Waals surface area (Å²) >= 11 is 0. The number of benzene rings is 2. The minimum absolute atomic E-state index is 0.478. The fourth-order valence-corrected chi connectivity index (χ4v) is 2.17. The number of hydrogen-bond acceptors (Lipinski definition) is 3. The Labute approximate surface area is 138 Å². The van der Waals surface area contributed by atoms with Crippen LogP contribution < -0.4 is 14.2 Å². The molecule has 2 aromatic carbocycles. The summed E-state index contributed by atoms with van der Waals surface area (Å²) in [7, 11) is 4.54. The van der Waals surface area contributed by atoms with Crippen LogP contribution in [-0.2, 0) is 6.18 Å². The van der Waals surface area contributed by atoms with E-state index in [2.05, 4.69) is 0 Å². The summed E-state index contributed by atoms with van der Waals surface area (Å²) in [5, 5.41) is 0. The molecular formula is C18H17F3O3. The first-order chi connectivity index (χ1) is 11.4. The molecule has 3 nitrogen and oxygen atoms in total. The maximum absolute atomic E-state index is 12.6. The van der Waals surface area contributed by atoms with Crippen LogP contribution in [0.2, 0.25) is 0 Å². The molecule has 0 amide bonds. The molecule has 0 radical (unpaired) electrons. The molecule has 24 heavy (non-hydrogen) atoms. The largest absolute Gasteiger partial charge is 0.493 e. The van der Waals surface area contributed by atoms with Gasteiger partial charge < -0.3 is 14.2 Å². The van der Waals surface area contributed by atoms with Crippen LogP contribution in [0.5, 0.6) is 17.2 Å². The zero-order valence-electron chi connectivity index (χ0n) is 13.5. The Bertz CT molecular complexity index is 694. The number of halogens is 3. The molecule has 0 aromatic heterocycles. The quantitative estimate of drug-likeness (QED) is 0.726. The van der Waals surface area contributed by atoms with Crippen molar-refractivity contribution < 1.29 is 27.4 Å². The first-order valence-electron chi connectivity index (χ1n) is 7.04. The third kappa shape index (κ3) is 4.01. The zero-order chi connectivity index (χ0) is 17.7. The Kier molecular flexibility index (Phi) is 5.39. The van der Waals surface area contributed by atoms with Gasteiger partial charge in [-0.1, -0.05) is 24.3 Å². The number of ether oxygens (including phenoxy) is 3. The van der Waals surface area contributed by atoms with Crippen molar-refractivity contribution in [2.24, 2.45) is 0 Å². The molecule has 0 N–H and O–H groups in total. The minimum Gasteiger partial charge on any atom is -0.493 e. The van der Waals surface area contributed by atoms with E-state index in [4.69, 9.17) is 14.2 Å². The maximum Gasteiger partial charge on any atom is 0.416 e. The van der Waals surface area contributed by atoms with Crippen LogP contribution in [0.4, 0.5) is 13.2 Å². The van der Waals surface area contributed by atoms with Crippen molar-refractivity contribution in [1.82, 2.24) is 0 Å². The molecule has 2 rings (SSSR count). The van der Waals surface area contributed by atoms with Crippen molar-refractivity contribution in [2.45, 2.75) is 6.18 Å². The fourth-order valence-electron chi connectivity index (χ4n) is 2.17. The van der Waals surface area contributed by atoms with Crippen LogP contribution in [0.25, 0.3) is 12.2 Å². The molecule has 0 spiro atoms. The molecule has 0 saturated heterocycles. The highest BCUT2D eigenvalue weighted by molar-refractivity contribution is 5.72. The van der Waals surface area contributed by atoms with Gasteiger partial charge in [0.25, 0.3) is 0 Å². The van der Waals surface area contributed by atoms with Crippen molar-refractivity contribution >= 4 is 12.2 Å². The lowest BCUT2D eigenvalue weighted by Gasteiger charge is -2.12. The molecule has 0 fully saturated rings. The van der Waals surface area contributed by atoms with Gasteiger partial charge in [-0.2, -0.15) is 13.2 Å². The van der Waals surface area contributed by atoms with Gasteiger partial charge >= 0.3 is 6.18 Å². The summed E-state index contributed by atoms with van der Waals surface area (Å²) in [5.41, 5.74) is 0.744. The van der Waals surface area contributed by atoms with Gasteiger partial charge in [-0.15, -0.1) is 0 Å². The highest BCUT2D eigenvalue weighted by atomic mass is 19.4. The second-order valence-electron chi connectivity index (χ2n) is 4.91. The lowest BCUT2D eigenvalue weighted by molar-refractivity contribution is -0.137. The summed E-state index contributed by atoms with van der Waals surface area (Å²) in [6, 6.07) is 8.43. The Morgan fingerprint density at radius 2 is 1.25 bits per heavy atom. The van der Waals surface area contributed by atoms with E-state index in [1.807, 2.05) is 0 Å². The summed E-state index contributed by atoms with van der Waals surface area (Å²) < 4.78 is 53.4. The van der Waals surface area contributed by atoms with E-state index in [9.17, 15) is 13.2 Å². The first kappa shape index (κ1) is 17.7. The topological polar surface area (TPSA) is 27.7 Å². The van der Waals surface area contributed by atoms with Crippen molar-refractivity contribution in [3.8, 4) is 17.2 Å². The van der Waals surface area contributed by atoms with Gasteiger partial charge in [0.2, 0.25) is 5.75 Å². The number of alkyl halides is 3. The van der Waals surface area contributed by atoms with Crippen molar-refractivity contribution in [3.05, 3.63) is 53.1 Å². The van der Waals surface area contributed by atoms with Gasteiger partial charge in [-0.25, -0.2) is 0 Å². The predicted octanol–water partition coefficient (Wildman–Crippen LogP) is 4.90. The van der Waals surface area contributed by atoms with Crippen LogP contribution in [0.1, 0.15) is 16.7 Å². The summed E-state index contributed by atoms with van der Waals surface area (Å²) in [4.78, 5) is 0. The average Bonchev–Trinajstić information content (AvgIpc) is 2.58. The molecule has 0 heterocycles. The molecule has 0 bridgehead atoms. The molecular weight excluding hydrogens is 321 g/mol. The summed E-state index contributed by atoms with van der Waals surface area (Å²) in [6.07, 6.45) is -0.868. The summed E-state index contributed by atoms with van der Waals surface area (Å²) in [5.74, 6) is 1.49. The van der Waals surface area contributed by atoms with Crippen LogP contribution in [0, 0.1) is 0 Å². The smallest absolute Gasteiger partial charge is 0.416 e. The van der Waals surface area contributed by atoms with E-state index in [1.54, 1.807) is 24.3 Å². The lowest BCUT2D eigenvalue weighted by atomic mass is 10.1. The Morgan fingerprint density at radius 1 is 0.750 bits per heavy atom. The standard InChI is InChI=1S/C18H17F3O3/c1-22-15-10-13(11-16(23-2)17(15)24-3)5-4-12-6-8-14(9-7-12)18(19,20)21/h4-11H,1-3H3/b5-4+. The van der Waals surface area contributed by atoms with Crippen molar-refractivity contribution in [1.29, 1.82) is 0 Å². The molecule has 0 atom stereocenters. The summed E-state index contributed by atoms with van der Waals surface area (Å²) in [6.45, 7) is 0. The Balaban J connectivity index is 2.28. The molecule has 2 aromatic rings. The second kappa shape index (κ2) is 7.29. The normalized spacial score (nSPS) is 11.6. The van der Waals surface area contributed by atoms with E-state index in [1.165, 1.54) is 33.5 Å². The number of rotatable bonds is 5. The van der Waals surface area contributed by atoms with Crippen LogP contribution >= 0.6 is 0 Å². The number of hydrogen-bond donors (Lipinski definition) is 0. The highest BCUT2D eigenvalue weighted by Gasteiger charge is 2.29. The van der Waals surface area contributed by atoms with Crippen LogP contribution in [0.3, 0.4) is 0 Å². The van der Waals surface area contributed by atoms with Gasteiger partial charge in [-0.05, 0) is 35.4 Å². The highest BCUT2D eigenvalue weighted by Crippen LogP contribution is 2.38. The Hall–Kier alpha value is -2.63.